The maximum Gasteiger partial charge on any atom is 0.225 e. The lowest BCUT2D eigenvalue weighted by Gasteiger charge is -2.41. The van der Waals surface area contributed by atoms with Crippen molar-refractivity contribution in [3.05, 3.63) is 35.6 Å². The number of carbonyl (C=O) groups is 2. The summed E-state index contributed by atoms with van der Waals surface area (Å²) in [5, 5.41) is 3.07. The number of amides is 2. The standard InChI is InChI=1S/C19H25FN2O3/c1-25-12-11-22-17(23)10-9-15(19(24)21-13-5-4-6-13)18(22)14-7-2-3-8-16(14)20/h2-3,7-8,13,15,18H,4-6,9-12H2,1H3,(H,21,24)/t15-,18+/m1/s1. The average Bonchev–Trinajstić information content (AvgIpc) is 2.57. The van der Waals surface area contributed by atoms with Gasteiger partial charge in [0.2, 0.25) is 11.8 Å². The molecule has 1 aliphatic carbocycles. The van der Waals surface area contributed by atoms with Gasteiger partial charge < -0.3 is 15.0 Å². The predicted octanol–water partition coefficient (Wildman–Crippen LogP) is 2.42. The molecule has 1 aromatic rings. The fourth-order valence-electron chi connectivity index (χ4n) is 3.64. The number of benzene rings is 1. The lowest BCUT2D eigenvalue weighted by atomic mass is 9.82. The predicted molar refractivity (Wildman–Crippen MR) is 91.2 cm³/mol. The highest BCUT2D eigenvalue weighted by molar-refractivity contribution is 5.85. The maximum absolute atomic E-state index is 14.5. The van der Waals surface area contributed by atoms with Gasteiger partial charge in [0, 0.05) is 31.7 Å². The molecule has 0 spiro atoms. The van der Waals surface area contributed by atoms with Crippen molar-refractivity contribution in [2.45, 2.75) is 44.2 Å². The van der Waals surface area contributed by atoms with Crippen LogP contribution in [0.15, 0.2) is 24.3 Å². The third kappa shape index (κ3) is 3.84. The van der Waals surface area contributed by atoms with Crippen LogP contribution in [0.2, 0.25) is 0 Å². The second kappa shape index (κ2) is 7.95. The number of hydrogen-bond donors (Lipinski definition) is 1. The highest BCUT2D eigenvalue weighted by Gasteiger charge is 2.42. The highest BCUT2D eigenvalue weighted by atomic mass is 19.1. The first-order chi connectivity index (χ1) is 12.1. The minimum atomic E-state index is -0.585. The van der Waals surface area contributed by atoms with Crippen LogP contribution in [0.4, 0.5) is 4.39 Å². The summed E-state index contributed by atoms with van der Waals surface area (Å²) >= 11 is 0. The largest absolute Gasteiger partial charge is 0.383 e. The van der Waals surface area contributed by atoms with Crippen molar-refractivity contribution in [3.8, 4) is 0 Å². The fraction of sp³-hybridized carbons (Fsp3) is 0.579. The van der Waals surface area contributed by atoms with E-state index in [2.05, 4.69) is 5.32 Å². The molecule has 1 aromatic carbocycles. The highest BCUT2D eigenvalue weighted by Crippen LogP contribution is 2.38. The Balaban J connectivity index is 1.89. The number of rotatable bonds is 6. The van der Waals surface area contributed by atoms with Crippen LogP contribution in [0.3, 0.4) is 0 Å². The van der Waals surface area contributed by atoms with Gasteiger partial charge in [0.15, 0.2) is 0 Å². The number of piperidine rings is 1. The number of likely N-dealkylation sites (tertiary alicyclic amines) is 1. The van der Waals surface area contributed by atoms with Crippen molar-refractivity contribution in [3.63, 3.8) is 0 Å². The Morgan fingerprint density at radius 3 is 2.72 bits per heavy atom. The Kier molecular flexibility index (Phi) is 5.68. The molecule has 2 amide bonds. The van der Waals surface area contributed by atoms with Gasteiger partial charge in [0.25, 0.3) is 0 Å². The van der Waals surface area contributed by atoms with Crippen molar-refractivity contribution in [2.75, 3.05) is 20.3 Å². The van der Waals surface area contributed by atoms with Gasteiger partial charge in [-0.05, 0) is 31.7 Å². The van der Waals surface area contributed by atoms with Crippen LogP contribution in [0.25, 0.3) is 0 Å². The van der Waals surface area contributed by atoms with Gasteiger partial charge in [-0.1, -0.05) is 18.2 Å². The van der Waals surface area contributed by atoms with Gasteiger partial charge in [-0.2, -0.15) is 0 Å². The zero-order valence-electron chi connectivity index (χ0n) is 14.5. The summed E-state index contributed by atoms with van der Waals surface area (Å²) in [5.41, 5.74) is 0.403. The molecule has 0 aromatic heterocycles. The molecule has 6 heteroatoms. The van der Waals surface area contributed by atoms with E-state index in [0.717, 1.165) is 19.3 Å². The summed E-state index contributed by atoms with van der Waals surface area (Å²) in [6, 6.07) is 6.04. The summed E-state index contributed by atoms with van der Waals surface area (Å²) in [6.07, 6.45) is 3.87. The molecule has 1 saturated carbocycles. The van der Waals surface area contributed by atoms with E-state index in [1.165, 1.54) is 6.07 Å². The summed E-state index contributed by atoms with van der Waals surface area (Å²) in [4.78, 5) is 26.9. The van der Waals surface area contributed by atoms with E-state index in [1.54, 1.807) is 30.2 Å². The molecule has 1 saturated heterocycles. The van der Waals surface area contributed by atoms with Crippen molar-refractivity contribution < 1.29 is 18.7 Å². The third-order valence-electron chi connectivity index (χ3n) is 5.25. The molecule has 0 radical (unpaired) electrons. The van der Waals surface area contributed by atoms with Crippen molar-refractivity contribution in [1.29, 1.82) is 0 Å². The number of nitrogens with one attached hydrogen (secondary N) is 1. The summed E-state index contributed by atoms with van der Waals surface area (Å²) in [5.74, 6) is -0.955. The van der Waals surface area contributed by atoms with Gasteiger partial charge >= 0.3 is 0 Å². The van der Waals surface area contributed by atoms with E-state index in [-0.39, 0.29) is 23.7 Å². The average molecular weight is 348 g/mol. The Morgan fingerprint density at radius 1 is 1.32 bits per heavy atom. The molecular formula is C19H25FN2O3. The van der Waals surface area contributed by atoms with E-state index in [0.29, 0.717) is 31.6 Å². The van der Waals surface area contributed by atoms with Crippen LogP contribution >= 0.6 is 0 Å². The lowest BCUT2D eigenvalue weighted by Crippen LogP contribution is -2.51. The Morgan fingerprint density at radius 2 is 2.08 bits per heavy atom. The van der Waals surface area contributed by atoms with Crippen molar-refractivity contribution >= 4 is 11.8 Å². The number of ether oxygens (including phenoxy) is 1. The van der Waals surface area contributed by atoms with Crippen LogP contribution in [-0.2, 0) is 14.3 Å². The molecule has 0 bridgehead atoms. The SMILES string of the molecule is COCCN1C(=O)CC[C@@H](C(=O)NC2CCC2)[C@@H]1c1ccccc1F. The molecule has 1 aliphatic heterocycles. The van der Waals surface area contributed by atoms with Gasteiger partial charge in [0.05, 0.1) is 18.6 Å². The fourth-order valence-corrected chi connectivity index (χ4v) is 3.64. The summed E-state index contributed by atoms with van der Waals surface area (Å²) in [6.45, 7) is 0.704. The number of carbonyl (C=O) groups excluding carboxylic acids is 2. The number of methoxy groups -OCH3 is 1. The minimum absolute atomic E-state index is 0.0574. The molecule has 1 heterocycles. The summed E-state index contributed by atoms with van der Waals surface area (Å²) < 4.78 is 19.6. The van der Waals surface area contributed by atoms with Crippen LogP contribution in [-0.4, -0.2) is 43.0 Å². The number of hydrogen-bond acceptors (Lipinski definition) is 3. The number of halogens is 1. The van der Waals surface area contributed by atoms with Crippen LogP contribution < -0.4 is 5.32 Å². The molecule has 2 atom stereocenters. The van der Waals surface area contributed by atoms with Gasteiger partial charge in [-0.3, -0.25) is 9.59 Å². The molecule has 0 unspecified atom stereocenters. The molecule has 25 heavy (non-hydrogen) atoms. The van der Waals surface area contributed by atoms with E-state index in [9.17, 15) is 14.0 Å². The van der Waals surface area contributed by atoms with Crippen LogP contribution in [0.1, 0.15) is 43.7 Å². The van der Waals surface area contributed by atoms with Crippen molar-refractivity contribution in [2.24, 2.45) is 5.92 Å². The van der Waals surface area contributed by atoms with E-state index < -0.39 is 12.0 Å². The molecule has 1 N–H and O–H groups in total. The zero-order valence-corrected chi connectivity index (χ0v) is 14.5. The first-order valence-electron chi connectivity index (χ1n) is 8.95. The van der Waals surface area contributed by atoms with E-state index >= 15 is 0 Å². The minimum Gasteiger partial charge on any atom is -0.383 e. The van der Waals surface area contributed by atoms with Crippen LogP contribution in [0, 0.1) is 11.7 Å². The molecule has 2 aliphatic rings. The molecule has 2 fully saturated rings. The second-order valence-electron chi connectivity index (χ2n) is 6.83. The Labute approximate surface area is 147 Å². The van der Waals surface area contributed by atoms with Crippen LogP contribution in [0.5, 0.6) is 0 Å². The first kappa shape index (κ1) is 17.9. The first-order valence-corrected chi connectivity index (χ1v) is 8.95. The summed E-state index contributed by atoms with van der Waals surface area (Å²) in [7, 11) is 1.56. The lowest BCUT2D eigenvalue weighted by molar-refractivity contribution is -0.144. The smallest absolute Gasteiger partial charge is 0.225 e. The topological polar surface area (TPSA) is 58.6 Å². The quantitative estimate of drug-likeness (QED) is 0.859. The van der Waals surface area contributed by atoms with Crippen molar-refractivity contribution in [1.82, 2.24) is 10.2 Å². The van der Waals surface area contributed by atoms with E-state index in [1.807, 2.05) is 0 Å². The maximum atomic E-state index is 14.5. The Bertz CT molecular complexity index is 633. The second-order valence-corrected chi connectivity index (χ2v) is 6.83. The molecule has 136 valence electrons. The zero-order chi connectivity index (χ0) is 17.8. The normalized spacial score (nSPS) is 24.1. The molecule has 3 rings (SSSR count). The Hall–Kier alpha value is -1.95. The van der Waals surface area contributed by atoms with Gasteiger partial charge in [-0.15, -0.1) is 0 Å². The van der Waals surface area contributed by atoms with E-state index in [4.69, 9.17) is 4.74 Å². The molecule has 5 nitrogen and oxygen atoms in total. The van der Waals surface area contributed by atoms with Gasteiger partial charge in [0.1, 0.15) is 5.82 Å². The number of nitrogens with zero attached hydrogens (tertiary/aromatic N) is 1. The van der Waals surface area contributed by atoms with Gasteiger partial charge in [-0.25, -0.2) is 4.39 Å². The molecular weight excluding hydrogens is 323 g/mol. The third-order valence-corrected chi connectivity index (χ3v) is 5.25. The monoisotopic (exact) mass is 348 g/mol.